The second kappa shape index (κ2) is 9.45. The Morgan fingerprint density at radius 3 is 2.29 bits per heavy atom. The molecule has 0 aliphatic rings. The van der Waals surface area contributed by atoms with Gasteiger partial charge in [-0.15, -0.1) is 0 Å². The van der Waals surface area contributed by atoms with E-state index in [1.807, 2.05) is 6.07 Å². The zero-order chi connectivity index (χ0) is 4.83. The van der Waals surface area contributed by atoms with Crippen molar-refractivity contribution in [3.05, 3.63) is 6.92 Å². The van der Waals surface area contributed by atoms with Gasteiger partial charge in [0.25, 0.3) is 0 Å². The summed E-state index contributed by atoms with van der Waals surface area (Å²) in [5.74, 6) is 0. The van der Waals surface area contributed by atoms with E-state index in [4.69, 9.17) is 5.26 Å². The topological polar surface area (TPSA) is 23.8 Å². The van der Waals surface area contributed by atoms with E-state index < -0.39 is 0 Å². The van der Waals surface area contributed by atoms with Gasteiger partial charge in [-0.2, -0.15) is 11.7 Å². The first-order valence-corrected chi connectivity index (χ1v) is 2.08. The summed E-state index contributed by atoms with van der Waals surface area (Å²) in [7, 11) is 0. The Hall–Kier alpha value is 0.113. The molecule has 0 amide bonds. The van der Waals surface area contributed by atoms with Crippen molar-refractivity contribution in [2.24, 2.45) is 0 Å². The van der Waals surface area contributed by atoms with E-state index in [0.29, 0.717) is 6.42 Å². The Kier molecular flexibility index (Phi) is 13.7. The molecule has 0 N–H and O–H groups in total. The number of rotatable bonds is 2. The summed E-state index contributed by atoms with van der Waals surface area (Å²) in [5.41, 5.74) is 0. The normalized spacial score (nSPS) is 6.29. The van der Waals surface area contributed by atoms with Gasteiger partial charge in [-0.05, 0) is 0 Å². The van der Waals surface area contributed by atoms with Gasteiger partial charge >= 0.3 is 0 Å². The average Bonchev–Trinajstić information content (AvgIpc) is 1.61. The predicted octanol–water partition coefficient (Wildman–Crippen LogP) is 1.51. The minimum atomic E-state index is 0. The van der Waals surface area contributed by atoms with Crippen LogP contribution in [-0.4, -0.2) is 0 Å². The summed E-state index contributed by atoms with van der Waals surface area (Å²) in [4.78, 5) is 0. The van der Waals surface area contributed by atoms with Crippen molar-refractivity contribution in [2.75, 3.05) is 0 Å². The molecule has 7 heavy (non-hydrogen) atoms. The summed E-state index contributed by atoms with van der Waals surface area (Å²) in [6.45, 7) is 3.57. The standard InChI is InChI=1S/C5H8N.Zn/c1-2-3-4-5-6;/h1-4H2;/q-1;. The average molecular weight is 148 g/mol. The first-order chi connectivity index (χ1) is 2.91. The van der Waals surface area contributed by atoms with Gasteiger partial charge in [-0.1, -0.05) is 6.42 Å². The third-order valence-corrected chi connectivity index (χ3v) is 0.539. The number of nitrogens with zero attached hydrogens (tertiary/aromatic N) is 1. The van der Waals surface area contributed by atoms with E-state index in [9.17, 15) is 0 Å². The van der Waals surface area contributed by atoms with Gasteiger partial charge in [0.2, 0.25) is 0 Å². The fourth-order valence-electron chi connectivity index (χ4n) is 0.204. The van der Waals surface area contributed by atoms with Crippen LogP contribution in [-0.2, 0) is 19.5 Å². The molecule has 0 radical (unpaired) electrons. The molecular formula is C5H8NZn-. The second-order valence-electron chi connectivity index (χ2n) is 1.12. The molecule has 0 aromatic carbocycles. The first-order valence-electron chi connectivity index (χ1n) is 2.08. The Labute approximate surface area is 57.5 Å². The molecule has 0 aromatic rings. The van der Waals surface area contributed by atoms with Crippen molar-refractivity contribution in [2.45, 2.75) is 19.3 Å². The second-order valence-corrected chi connectivity index (χ2v) is 1.12. The van der Waals surface area contributed by atoms with Gasteiger partial charge < -0.3 is 6.92 Å². The van der Waals surface area contributed by atoms with Crippen LogP contribution in [0.5, 0.6) is 0 Å². The minimum absolute atomic E-state index is 0. The zero-order valence-electron chi connectivity index (χ0n) is 4.48. The van der Waals surface area contributed by atoms with Crippen LogP contribution in [0.15, 0.2) is 0 Å². The van der Waals surface area contributed by atoms with Gasteiger partial charge in [0.15, 0.2) is 0 Å². The first kappa shape index (κ1) is 10.2. The van der Waals surface area contributed by atoms with Gasteiger partial charge in [0, 0.05) is 25.9 Å². The molecule has 0 aromatic heterocycles. The Balaban J connectivity index is 0. The van der Waals surface area contributed by atoms with E-state index in [0.717, 1.165) is 12.8 Å². The van der Waals surface area contributed by atoms with E-state index in [1.54, 1.807) is 0 Å². The summed E-state index contributed by atoms with van der Waals surface area (Å²) < 4.78 is 0. The fraction of sp³-hybridized carbons (Fsp3) is 0.600. The molecule has 0 rings (SSSR count). The molecule has 0 atom stereocenters. The molecule has 36 valence electrons. The van der Waals surface area contributed by atoms with E-state index in [2.05, 4.69) is 6.92 Å². The smallest absolute Gasteiger partial charge is 0.0620 e. The molecule has 0 saturated heterocycles. The molecule has 0 heterocycles. The summed E-state index contributed by atoms with van der Waals surface area (Å²) in [6, 6.07) is 2.03. The molecule has 0 aliphatic heterocycles. The van der Waals surface area contributed by atoms with Crippen LogP contribution < -0.4 is 0 Å². The number of hydrogen-bond donors (Lipinski definition) is 0. The van der Waals surface area contributed by atoms with Crippen LogP contribution in [0.3, 0.4) is 0 Å². The predicted molar refractivity (Wildman–Crippen MR) is 24.8 cm³/mol. The molecule has 0 bridgehead atoms. The molecule has 0 unspecified atom stereocenters. The van der Waals surface area contributed by atoms with E-state index in [-0.39, 0.29) is 19.5 Å². The molecule has 2 heteroatoms. The zero-order valence-corrected chi connectivity index (χ0v) is 7.45. The largest absolute Gasteiger partial charge is 0.343 e. The molecule has 0 aliphatic carbocycles. The van der Waals surface area contributed by atoms with Gasteiger partial charge in [0.1, 0.15) is 0 Å². The minimum Gasteiger partial charge on any atom is -0.343 e. The molecule has 0 saturated carbocycles. The van der Waals surface area contributed by atoms with Crippen LogP contribution in [0.1, 0.15) is 19.3 Å². The summed E-state index contributed by atoms with van der Waals surface area (Å²) >= 11 is 0. The maximum absolute atomic E-state index is 7.92. The third kappa shape index (κ3) is 10.7. The van der Waals surface area contributed by atoms with Gasteiger partial charge in [0.05, 0.1) is 6.07 Å². The van der Waals surface area contributed by atoms with Crippen LogP contribution in [0, 0.1) is 18.3 Å². The Morgan fingerprint density at radius 1 is 1.57 bits per heavy atom. The number of unbranched alkanes of at least 4 members (excludes halogenated alkanes) is 2. The van der Waals surface area contributed by atoms with Gasteiger partial charge in [-0.3, -0.25) is 0 Å². The maximum Gasteiger partial charge on any atom is 0.0620 e. The molecule has 0 fully saturated rings. The van der Waals surface area contributed by atoms with Crippen molar-refractivity contribution in [3.63, 3.8) is 0 Å². The van der Waals surface area contributed by atoms with E-state index in [1.165, 1.54) is 0 Å². The van der Waals surface area contributed by atoms with Crippen LogP contribution in [0.25, 0.3) is 0 Å². The third-order valence-electron chi connectivity index (χ3n) is 0.539. The van der Waals surface area contributed by atoms with Gasteiger partial charge in [-0.25, -0.2) is 0 Å². The monoisotopic (exact) mass is 146 g/mol. The van der Waals surface area contributed by atoms with Crippen LogP contribution in [0.2, 0.25) is 0 Å². The molecule has 0 spiro atoms. The SMILES string of the molecule is [CH2-]CCCC#N.[Zn]. The van der Waals surface area contributed by atoms with Crippen LogP contribution >= 0.6 is 0 Å². The van der Waals surface area contributed by atoms with Crippen molar-refractivity contribution in [1.29, 1.82) is 5.26 Å². The number of nitriles is 1. The Bertz CT molecular complexity index is 55.6. The van der Waals surface area contributed by atoms with Crippen molar-refractivity contribution < 1.29 is 19.5 Å². The molecule has 1 nitrogen and oxygen atoms in total. The van der Waals surface area contributed by atoms with Crippen molar-refractivity contribution in [1.82, 2.24) is 0 Å². The quantitative estimate of drug-likeness (QED) is 0.330. The van der Waals surface area contributed by atoms with E-state index >= 15 is 0 Å². The summed E-state index contributed by atoms with van der Waals surface area (Å²) in [6.07, 6.45) is 2.48. The number of hydrogen-bond acceptors (Lipinski definition) is 1. The summed E-state index contributed by atoms with van der Waals surface area (Å²) in [5, 5.41) is 7.92. The molecular weight excluding hydrogens is 139 g/mol. The van der Waals surface area contributed by atoms with Crippen LogP contribution in [0.4, 0.5) is 0 Å². The fourth-order valence-corrected chi connectivity index (χ4v) is 0.204. The van der Waals surface area contributed by atoms with Crippen molar-refractivity contribution >= 4 is 0 Å². The Morgan fingerprint density at radius 2 is 2.14 bits per heavy atom. The van der Waals surface area contributed by atoms with Crippen molar-refractivity contribution in [3.8, 4) is 6.07 Å². The maximum atomic E-state index is 7.92.